The van der Waals surface area contributed by atoms with Crippen LogP contribution in [0.25, 0.3) is 10.9 Å². The number of H-pyrrole nitrogens is 1. The van der Waals surface area contributed by atoms with Crippen LogP contribution in [0.2, 0.25) is 0 Å². The standard InChI is InChI=1S/C17H5F5N2O3/c18-10-11(19)13(21)15(14(22)12(10)20)27-17(26)8-4-7-2-1-6(5-23)3-9(7)24-16(8)25/h1-4H,(H,24,25). The molecule has 0 saturated carbocycles. The van der Waals surface area contributed by atoms with Gasteiger partial charge in [-0.1, -0.05) is 6.07 Å². The van der Waals surface area contributed by atoms with Crippen molar-refractivity contribution >= 4 is 16.9 Å². The molecule has 10 heteroatoms. The van der Waals surface area contributed by atoms with Crippen molar-refractivity contribution in [1.82, 2.24) is 4.98 Å². The Morgan fingerprint density at radius 2 is 1.56 bits per heavy atom. The van der Waals surface area contributed by atoms with Gasteiger partial charge in [0.1, 0.15) is 5.56 Å². The van der Waals surface area contributed by atoms with Crippen LogP contribution in [-0.2, 0) is 0 Å². The number of esters is 1. The molecule has 0 fully saturated rings. The number of carbonyl (C=O) groups excluding carboxylic acids is 1. The molecular weight excluding hydrogens is 375 g/mol. The minimum Gasteiger partial charge on any atom is -0.416 e. The zero-order valence-corrected chi connectivity index (χ0v) is 12.9. The number of pyridine rings is 1. The molecule has 0 spiro atoms. The summed E-state index contributed by atoms with van der Waals surface area (Å²) in [4.78, 5) is 26.3. The van der Waals surface area contributed by atoms with Crippen LogP contribution in [0.5, 0.6) is 5.75 Å². The zero-order chi connectivity index (χ0) is 19.9. The Morgan fingerprint density at radius 1 is 0.963 bits per heavy atom. The molecule has 5 nitrogen and oxygen atoms in total. The second-order valence-electron chi connectivity index (χ2n) is 5.21. The van der Waals surface area contributed by atoms with Crippen molar-refractivity contribution in [2.45, 2.75) is 0 Å². The quantitative estimate of drug-likeness (QED) is 0.243. The number of nitrogens with one attached hydrogen (secondary N) is 1. The lowest BCUT2D eigenvalue weighted by Gasteiger charge is -2.09. The molecular formula is C17H5F5N2O3. The highest BCUT2D eigenvalue weighted by Crippen LogP contribution is 2.29. The first kappa shape index (κ1) is 18.1. The SMILES string of the molecule is N#Cc1ccc2cc(C(=O)Oc3c(F)c(F)c(F)c(F)c3F)c(=O)[nH]c2c1. The Kier molecular flexibility index (Phi) is 4.37. The number of ether oxygens (including phenoxy) is 1. The first-order valence-corrected chi connectivity index (χ1v) is 7.05. The molecule has 0 saturated heterocycles. The summed E-state index contributed by atoms with van der Waals surface area (Å²) in [5, 5.41) is 9.08. The monoisotopic (exact) mass is 380 g/mol. The number of hydrogen-bond acceptors (Lipinski definition) is 4. The molecule has 0 amide bonds. The van der Waals surface area contributed by atoms with Crippen LogP contribution >= 0.6 is 0 Å². The predicted octanol–water partition coefficient (Wildman–Crippen LogP) is 3.31. The van der Waals surface area contributed by atoms with Crippen LogP contribution in [-0.4, -0.2) is 11.0 Å². The molecule has 1 aromatic heterocycles. The van der Waals surface area contributed by atoms with Crippen LogP contribution in [0.1, 0.15) is 15.9 Å². The van der Waals surface area contributed by atoms with Crippen molar-refractivity contribution in [1.29, 1.82) is 5.26 Å². The number of hydrogen-bond donors (Lipinski definition) is 1. The fraction of sp³-hybridized carbons (Fsp3) is 0. The summed E-state index contributed by atoms with van der Waals surface area (Å²) in [7, 11) is 0. The van der Waals surface area contributed by atoms with Crippen molar-refractivity contribution in [3.63, 3.8) is 0 Å². The molecule has 0 radical (unpaired) electrons. The number of fused-ring (bicyclic) bond motifs is 1. The van der Waals surface area contributed by atoms with Gasteiger partial charge in [0.2, 0.25) is 34.8 Å². The first-order valence-electron chi connectivity index (χ1n) is 7.05. The maximum atomic E-state index is 13.6. The van der Waals surface area contributed by atoms with Crippen molar-refractivity contribution in [2.75, 3.05) is 0 Å². The van der Waals surface area contributed by atoms with E-state index in [0.29, 0.717) is 0 Å². The molecule has 136 valence electrons. The average molecular weight is 380 g/mol. The number of aromatic amines is 1. The molecule has 0 atom stereocenters. The molecule has 27 heavy (non-hydrogen) atoms. The molecule has 1 heterocycles. The van der Waals surface area contributed by atoms with Gasteiger partial charge in [-0.2, -0.15) is 14.0 Å². The van der Waals surface area contributed by atoms with Crippen molar-refractivity contribution in [3.8, 4) is 11.8 Å². The average Bonchev–Trinajstić information content (AvgIpc) is 2.66. The van der Waals surface area contributed by atoms with Gasteiger partial charge in [0.05, 0.1) is 11.6 Å². The van der Waals surface area contributed by atoms with Gasteiger partial charge in [-0.15, -0.1) is 0 Å². The second kappa shape index (κ2) is 6.53. The lowest BCUT2D eigenvalue weighted by atomic mass is 10.1. The van der Waals surface area contributed by atoms with E-state index in [4.69, 9.17) is 5.26 Å². The van der Waals surface area contributed by atoms with Gasteiger partial charge in [-0.25, -0.2) is 18.0 Å². The number of nitrogens with zero attached hydrogens (tertiary/aromatic N) is 1. The molecule has 2 aromatic carbocycles. The van der Waals surface area contributed by atoms with Crippen molar-refractivity contribution in [3.05, 3.63) is 74.8 Å². The summed E-state index contributed by atoms with van der Waals surface area (Å²) < 4.78 is 70.8. The smallest absolute Gasteiger partial charge is 0.349 e. The summed E-state index contributed by atoms with van der Waals surface area (Å²) in [5.74, 6) is -15.2. The highest BCUT2D eigenvalue weighted by molar-refractivity contribution is 5.95. The number of carbonyl (C=O) groups is 1. The van der Waals surface area contributed by atoms with Crippen LogP contribution in [0.3, 0.4) is 0 Å². The van der Waals surface area contributed by atoms with E-state index in [2.05, 4.69) is 9.72 Å². The Morgan fingerprint density at radius 3 is 2.15 bits per heavy atom. The summed E-state index contributed by atoms with van der Waals surface area (Å²) in [5.41, 5.74) is -1.38. The molecule has 0 bridgehead atoms. The lowest BCUT2D eigenvalue weighted by molar-refractivity contribution is 0.0714. The van der Waals surface area contributed by atoms with E-state index < -0.39 is 51.9 Å². The molecule has 1 N–H and O–H groups in total. The molecule has 0 unspecified atom stereocenters. The van der Waals surface area contributed by atoms with Gasteiger partial charge < -0.3 is 9.72 Å². The van der Waals surface area contributed by atoms with Crippen LogP contribution in [0.4, 0.5) is 22.0 Å². The normalized spacial score (nSPS) is 10.7. The Balaban J connectivity index is 2.07. The van der Waals surface area contributed by atoms with Crippen LogP contribution < -0.4 is 10.3 Å². The largest absolute Gasteiger partial charge is 0.416 e. The van der Waals surface area contributed by atoms with Crippen molar-refractivity contribution in [2.24, 2.45) is 0 Å². The lowest BCUT2D eigenvalue weighted by Crippen LogP contribution is -2.22. The molecule has 3 rings (SSSR count). The third-order valence-corrected chi connectivity index (χ3v) is 3.56. The number of aromatic nitrogens is 1. The second-order valence-corrected chi connectivity index (χ2v) is 5.21. The number of nitriles is 1. The summed E-state index contributed by atoms with van der Waals surface area (Å²) in [6.07, 6.45) is 0. The number of benzene rings is 2. The van der Waals surface area contributed by atoms with E-state index in [1.165, 1.54) is 18.2 Å². The molecule has 0 aliphatic carbocycles. The molecule has 0 aliphatic rings. The van der Waals surface area contributed by atoms with Crippen LogP contribution in [0, 0.1) is 40.4 Å². The zero-order valence-electron chi connectivity index (χ0n) is 12.9. The fourth-order valence-corrected chi connectivity index (χ4v) is 2.24. The van der Waals surface area contributed by atoms with Gasteiger partial charge in [0.25, 0.3) is 5.56 Å². The number of rotatable bonds is 2. The first-order chi connectivity index (χ1) is 12.7. The van der Waals surface area contributed by atoms with Gasteiger partial charge in [-0.05, 0) is 23.6 Å². The topological polar surface area (TPSA) is 82.9 Å². The van der Waals surface area contributed by atoms with E-state index >= 15 is 0 Å². The Hall–Kier alpha value is -3.74. The van der Waals surface area contributed by atoms with Gasteiger partial charge in [-0.3, -0.25) is 4.79 Å². The van der Waals surface area contributed by atoms with E-state index in [1.807, 2.05) is 6.07 Å². The van der Waals surface area contributed by atoms with Crippen LogP contribution in [0.15, 0.2) is 29.1 Å². The Labute approximate surface area is 146 Å². The highest BCUT2D eigenvalue weighted by atomic mass is 19.2. The van der Waals surface area contributed by atoms with E-state index in [9.17, 15) is 31.5 Å². The third kappa shape index (κ3) is 2.99. The highest BCUT2D eigenvalue weighted by Gasteiger charge is 2.29. The summed E-state index contributed by atoms with van der Waals surface area (Å²) >= 11 is 0. The minimum absolute atomic E-state index is 0.187. The Bertz CT molecular complexity index is 1180. The summed E-state index contributed by atoms with van der Waals surface area (Å²) in [6, 6.07) is 6.89. The van der Waals surface area contributed by atoms with E-state index in [0.717, 1.165) is 6.07 Å². The van der Waals surface area contributed by atoms with Gasteiger partial charge in [0, 0.05) is 5.52 Å². The van der Waals surface area contributed by atoms with Crippen molar-refractivity contribution < 1.29 is 31.5 Å². The van der Waals surface area contributed by atoms with Gasteiger partial charge in [0.15, 0.2) is 0 Å². The van der Waals surface area contributed by atoms with E-state index in [-0.39, 0.29) is 16.5 Å². The third-order valence-electron chi connectivity index (χ3n) is 3.56. The fourth-order valence-electron chi connectivity index (χ4n) is 2.24. The molecule has 3 aromatic rings. The molecule has 0 aliphatic heterocycles. The number of halogens is 5. The summed E-state index contributed by atoms with van der Waals surface area (Å²) in [6.45, 7) is 0. The maximum Gasteiger partial charge on any atom is 0.349 e. The maximum absolute atomic E-state index is 13.6. The van der Waals surface area contributed by atoms with E-state index in [1.54, 1.807) is 0 Å². The van der Waals surface area contributed by atoms with Gasteiger partial charge >= 0.3 is 5.97 Å². The minimum atomic E-state index is -2.42. The predicted molar refractivity (Wildman–Crippen MR) is 80.5 cm³/mol.